The molecule has 1 nitrogen and oxygen atoms in total. The number of benzene rings is 3. The maximum Gasteiger partial charge on any atom is 0.0494 e. The van der Waals surface area contributed by atoms with Crippen LogP contribution in [-0.2, 0) is 6.42 Å². The number of nitrogens with zero attached hydrogens (tertiary/aromatic N) is 1. The van der Waals surface area contributed by atoms with E-state index in [0.717, 1.165) is 12.8 Å². The summed E-state index contributed by atoms with van der Waals surface area (Å²) in [7, 11) is 0. The largest absolute Gasteiger partial charge is 0.338 e. The maximum atomic E-state index is 2.51. The smallest absolute Gasteiger partial charge is 0.0494 e. The molecule has 1 atom stereocenters. The van der Waals surface area contributed by atoms with Gasteiger partial charge in [0.05, 0.1) is 0 Å². The first-order valence-electron chi connectivity index (χ1n) is 9.66. The Morgan fingerprint density at radius 3 is 2.38 bits per heavy atom. The van der Waals surface area contributed by atoms with E-state index in [1.165, 1.54) is 44.1 Å². The minimum Gasteiger partial charge on any atom is -0.338 e. The van der Waals surface area contributed by atoms with E-state index in [1.54, 1.807) is 0 Å². The van der Waals surface area contributed by atoms with Crippen LogP contribution in [0.1, 0.15) is 48.6 Å². The molecular weight excluding hydrogens is 314 g/mol. The van der Waals surface area contributed by atoms with Gasteiger partial charge in [-0.2, -0.15) is 0 Å². The molecule has 0 aliphatic heterocycles. The first kappa shape index (κ1) is 16.9. The van der Waals surface area contributed by atoms with Crippen LogP contribution in [0.2, 0.25) is 0 Å². The van der Waals surface area contributed by atoms with Gasteiger partial charge in [0, 0.05) is 27.8 Å². The Labute approximate surface area is 156 Å². The molecule has 26 heavy (non-hydrogen) atoms. The first-order valence-corrected chi connectivity index (χ1v) is 9.66. The van der Waals surface area contributed by atoms with E-state index in [2.05, 4.69) is 92.9 Å². The topological polar surface area (TPSA) is 4.93 Å². The van der Waals surface area contributed by atoms with Gasteiger partial charge in [0.1, 0.15) is 0 Å². The summed E-state index contributed by atoms with van der Waals surface area (Å²) in [6.45, 7) is 8.96. The van der Waals surface area contributed by atoms with Crippen molar-refractivity contribution in [2.75, 3.05) is 0 Å². The normalized spacial score (nSPS) is 12.8. The molecule has 0 fully saturated rings. The molecule has 0 bridgehead atoms. The second-order valence-electron chi connectivity index (χ2n) is 7.60. The van der Waals surface area contributed by atoms with Gasteiger partial charge in [-0.3, -0.25) is 0 Å². The highest BCUT2D eigenvalue weighted by Crippen LogP contribution is 2.33. The Bertz CT molecular complexity index is 1080. The summed E-state index contributed by atoms with van der Waals surface area (Å²) in [5, 5.41) is 2.74. The SMILES string of the molecule is CCC(C)n1c2ccccc2c2cc(Cc3ccc(C)cc3C)ccc21. The van der Waals surface area contributed by atoms with Crippen LogP contribution in [0.5, 0.6) is 0 Å². The Kier molecular flexibility index (Phi) is 4.32. The highest BCUT2D eigenvalue weighted by atomic mass is 15.0. The van der Waals surface area contributed by atoms with E-state index in [-0.39, 0.29) is 0 Å². The van der Waals surface area contributed by atoms with Gasteiger partial charge in [0.15, 0.2) is 0 Å². The van der Waals surface area contributed by atoms with Crippen molar-refractivity contribution in [3.8, 4) is 0 Å². The van der Waals surface area contributed by atoms with E-state index in [0.29, 0.717) is 6.04 Å². The number of aromatic nitrogens is 1. The molecule has 1 heteroatoms. The first-order chi connectivity index (χ1) is 12.6. The summed E-state index contributed by atoms with van der Waals surface area (Å²) >= 11 is 0. The van der Waals surface area contributed by atoms with E-state index < -0.39 is 0 Å². The van der Waals surface area contributed by atoms with Crippen LogP contribution in [0.3, 0.4) is 0 Å². The van der Waals surface area contributed by atoms with Crippen LogP contribution < -0.4 is 0 Å². The Morgan fingerprint density at radius 2 is 1.62 bits per heavy atom. The molecule has 0 amide bonds. The number of rotatable bonds is 4. The summed E-state index contributed by atoms with van der Waals surface area (Å²) in [5.74, 6) is 0. The molecule has 0 spiro atoms. The molecule has 1 aromatic heterocycles. The lowest BCUT2D eigenvalue weighted by atomic mass is 9.98. The lowest BCUT2D eigenvalue weighted by molar-refractivity contribution is 0.563. The predicted molar refractivity (Wildman–Crippen MR) is 113 cm³/mol. The van der Waals surface area contributed by atoms with E-state index in [9.17, 15) is 0 Å². The molecule has 0 aliphatic rings. The van der Waals surface area contributed by atoms with Gasteiger partial charge in [0.2, 0.25) is 0 Å². The highest BCUT2D eigenvalue weighted by Gasteiger charge is 2.14. The van der Waals surface area contributed by atoms with Crippen LogP contribution in [0, 0.1) is 13.8 Å². The summed E-state index contributed by atoms with van der Waals surface area (Å²) in [6.07, 6.45) is 2.13. The Morgan fingerprint density at radius 1 is 0.846 bits per heavy atom. The van der Waals surface area contributed by atoms with E-state index in [4.69, 9.17) is 0 Å². The van der Waals surface area contributed by atoms with Gasteiger partial charge in [-0.25, -0.2) is 0 Å². The average Bonchev–Trinajstić information content (AvgIpc) is 2.97. The summed E-state index contributed by atoms with van der Waals surface area (Å²) in [5.41, 5.74) is 8.22. The maximum absolute atomic E-state index is 2.51. The zero-order chi connectivity index (χ0) is 18.3. The van der Waals surface area contributed by atoms with Gasteiger partial charge in [-0.1, -0.05) is 55.0 Å². The molecule has 4 rings (SSSR count). The standard InChI is InChI=1S/C25H27N/c1-5-19(4)26-24-9-7-6-8-22(24)23-16-20(11-13-25(23)26)15-21-12-10-17(2)14-18(21)3/h6-14,16,19H,5,15H2,1-4H3. The number of hydrogen-bond acceptors (Lipinski definition) is 0. The van der Waals surface area contributed by atoms with Crippen molar-refractivity contribution < 1.29 is 0 Å². The number of aryl methyl sites for hydroxylation is 2. The summed E-state index contributed by atoms with van der Waals surface area (Å²) in [4.78, 5) is 0. The van der Waals surface area contributed by atoms with Crippen molar-refractivity contribution in [1.29, 1.82) is 0 Å². The zero-order valence-corrected chi connectivity index (χ0v) is 16.2. The lowest BCUT2D eigenvalue weighted by Crippen LogP contribution is -2.03. The quantitative estimate of drug-likeness (QED) is 0.377. The van der Waals surface area contributed by atoms with Crippen molar-refractivity contribution in [2.45, 2.75) is 46.6 Å². The minimum atomic E-state index is 0.502. The van der Waals surface area contributed by atoms with Gasteiger partial charge >= 0.3 is 0 Å². The Balaban J connectivity index is 1.86. The van der Waals surface area contributed by atoms with E-state index in [1.807, 2.05) is 0 Å². The van der Waals surface area contributed by atoms with Crippen LogP contribution in [0.4, 0.5) is 0 Å². The van der Waals surface area contributed by atoms with Crippen LogP contribution in [0.25, 0.3) is 21.8 Å². The third kappa shape index (κ3) is 2.82. The molecule has 1 heterocycles. The highest BCUT2D eigenvalue weighted by molar-refractivity contribution is 6.08. The molecule has 0 saturated heterocycles. The fourth-order valence-electron chi connectivity index (χ4n) is 4.08. The minimum absolute atomic E-state index is 0.502. The van der Waals surface area contributed by atoms with Crippen LogP contribution >= 0.6 is 0 Å². The molecule has 132 valence electrons. The van der Waals surface area contributed by atoms with Crippen molar-refractivity contribution in [3.05, 3.63) is 82.9 Å². The summed E-state index contributed by atoms with van der Waals surface area (Å²) < 4.78 is 2.51. The zero-order valence-electron chi connectivity index (χ0n) is 16.2. The number of fused-ring (bicyclic) bond motifs is 3. The molecule has 0 saturated carbocycles. The molecule has 1 unspecified atom stereocenters. The second-order valence-corrected chi connectivity index (χ2v) is 7.60. The molecule has 0 aliphatic carbocycles. The van der Waals surface area contributed by atoms with Crippen molar-refractivity contribution in [3.63, 3.8) is 0 Å². The van der Waals surface area contributed by atoms with Crippen LogP contribution in [-0.4, -0.2) is 4.57 Å². The molecule has 0 radical (unpaired) electrons. The molecule has 3 aromatic carbocycles. The predicted octanol–water partition coefficient (Wildman–Crippen LogP) is 6.97. The van der Waals surface area contributed by atoms with Gasteiger partial charge < -0.3 is 4.57 Å². The van der Waals surface area contributed by atoms with Crippen LogP contribution in [0.15, 0.2) is 60.7 Å². The molecule has 4 aromatic rings. The molecule has 0 N–H and O–H groups in total. The van der Waals surface area contributed by atoms with Gasteiger partial charge in [-0.05, 0) is 68.5 Å². The second kappa shape index (κ2) is 6.64. The average molecular weight is 341 g/mol. The van der Waals surface area contributed by atoms with Crippen molar-refractivity contribution >= 4 is 21.8 Å². The lowest BCUT2D eigenvalue weighted by Gasteiger charge is -2.15. The number of hydrogen-bond donors (Lipinski definition) is 0. The van der Waals surface area contributed by atoms with Gasteiger partial charge in [-0.15, -0.1) is 0 Å². The van der Waals surface area contributed by atoms with Gasteiger partial charge in [0.25, 0.3) is 0 Å². The van der Waals surface area contributed by atoms with Crippen molar-refractivity contribution in [2.24, 2.45) is 0 Å². The third-order valence-corrected chi connectivity index (χ3v) is 5.70. The fraction of sp³-hybridized carbons (Fsp3) is 0.280. The number of para-hydroxylation sites is 1. The van der Waals surface area contributed by atoms with Crippen molar-refractivity contribution in [1.82, 2.24) is 4.57 Å². The summed E-state index contributed by atoms with van der Waals surface area (Å²) in [6, 6.07) is 23.1. The van der Waals surface area contributed by atoms with E-state index >= 15 is 0 Å². The third-order valence-electron chi connectivity index (χ3n) is 5.70. The monoisotopic (exact) mass is 341 g/mol. The molecular formula is C25H27N. The fourth-order valence-corrected chi connectivity index (χ4v) is 4.08. The Hall–Kier alpha value is -2.54.